The zero-order valence-corrected chi connectivity index (χ0v) is 10.4. The molecule has 0 aliphatic carbocycles. The number of nitrogens with one attached hydrogen (secondary N) is 2. The molecule has 0 aromatic heterocycles. The van der Waals surface area contributed by atoms with Gasteiger partial charge in [-0.2, -0.15) is 0 Å². The Hall–Kier alpha value is -1.54. The monoisotopic (exact) mass is 228 g/mol. The molecule has 2 aromatic carbocycles. The molecule has 0 unspecified atom stereocenters. The Morgan fingerprint density at radius 3 is 2.47 bits per heavy atom. The molecule has 2 aromatic rings. The summed E-state index contributed by atoms with van der Waals surface area (Å²) in [5, 5.41) is 9.23. The van der Waals surface area contributed by atoms with Crippen LogP contribution in [0.3, 0.4) is 0 Å². The first kappa shape index (κ1) is 11.9. The molecule has 2 heteroatoms. The Bertz CT molecular complexity index is 465. The maximum absolute atomic E-state index is 3.47. The number of hydrogen-bond donors (Lipinski definition) is 2. The molecule has 0 amide bonds. The zero-order valence-electron chi connectivity index (χ0n) is 10.4. The van der Waals surface area contributed by atoms with Crippen LogP contribution in [0.5, 0.6) is 0 Å². The highest BCUT2D eigenvalue weighted by molar-refractivity contribution is 5.85. The molecule has 2 rings (SSSR count). The summed E-state index contributed by atoms with van der Waals surface area (Å²) in [5.41, 5.74) is 1.22. The second-order valence-electron chi connectivity index (χ2n) is 4.30. The molecule has 0 heterocycles. The van der Waals surface area contributed by atoms with Crippen molar-refractivity contribution >= 4 is 16.5 Å². The van der Waals surface area contributed by atoms with Gasteiger partial charge in [-0.15, -0.1) is 0 Å². The van der Waals surface area contributed by atoms with E-state index < -0.39 is 0 Å². The van der Waals surface area contributed by atoms with E-state index in [1.54, 1.807) is 0 Å². The summed E-state index contributed by atoms with van der Waals surface area (Å²) in [6.45, 7) is 2.14. The summed E-state index contributed by atoms with van der Waals surface area (Å²) < 4.78 is 0. The molecule has 0 spiro atoms. The van der Waals surface area contributed by atoms with Crippen LogP contribution in [0.1, 0.15) is 12.8 Å². The summed E-state index contributed by atoms with van der Waals surface area (Å²) in [6.07, 6.45) is 2.42. The van der Waals surface area contributed by atoms with Crippen molar-refractivity contribution in [3.05, 3.63) is 42.5 Å². The highest BCUT2D eigenvalue weighted by Crippen LogP contribution is 2.18. The van der Waals surface area contributed by atoms with Gasteiger partial charge in [0.25, 0.3) is 0 Å². The Labute approximate surface area is 103 Å². The molecule has 0 atom stereocenters. The Balaban J connectivity index is 1.90. The first-order valence-electron chi connectivity index (χ1n) is 6.27. The minimum Gasteiger partial charge on any atom is -0.385 e. The normalized spacial score (nSPS) is 10.6. The van der Waals surface area contributed by atoms with Crippen LogP contribution in [0.2, 0.25) is 0 Å². The van der Waals surface area contributed by atoms with E-state index in [0.29, 0.717) is 0 Å². The van der Waals surface area contributed by atoms with Gasteiger partial charge >= 0.3 is 0 Å². The third kappa shape index (κ3) is 3.46. The van der Waals surface area contributed by atoms with E-state index >= 15 is 0 Å². The average Bonchev–Trinajstić information content (AvgIpc) is 2.38. The predicted molar refractivity (Wildman–Crippen MR) is 75.6 cm³/mol. The third-order valence-electron chi connectivity index (χ3n) is 2.93. The summed E-state index contributed by atoms with van der Waals surface area (Å²) in [7, 11) is 2.00. The van der Waals surface area contributed by atoms with Crippen LogP contribution >= 0.6 is 0 Å². The van der Waals surface area contributed by atoms with Crippen LogP contribution in [-0.2, 0) is 0 Å². The zero-order chi connectivity index (χ0) is 11.9. The standard InChI is InChI=1S/C15H20N2/c1-16-10-4-5-11-17-15-9-8-13-6-2-3-7-14(13)12-15/h2-3,6-9,12,16-17H,4-5,10-11H2,1H3. The molecule has 17 heavy (non-hydrogen) atoms. The van der Waals surface area contributed by atoms with Gasteiger partial charge in [0.2, 0.25) is 0 Å². The molecule has 2 nitrogen and oxygen atoms in total. The smallest absolute Gasteiger partial charge is 0.0346 e. The van der Waals surface area contributed by atoms with Crippen molar-refractivity contribution in [1.82, 2.24) is 5.32 Å². The molecule has 0 fully saturated rings. The minimum atomic E-state index is 1.04. The van der Waals surface area contributed by atoms with Gasteiger partial charge in [-0.3, -0.25) is 0 Å². The van der Waals surface area contributed by atoms with Crippen LogP contribution in [0, 0.1) is 0 Å². The van der Waals surface area contributed by atoms with Crippen molar-refractivity contribution in [1.29, 1.82) is 0 Å². The SMILES string of the molecule is CNCCCCNc1ccc2ccccc2c1. The lowest BCUT2D eigenvalue weighted by Gasteiger charge is -2.07. The van der Waals surface area contributed by atoms with Gasteiger partial charge in [-0.05, 0) is 49.3 Å². The number of benzene rings is 2. The van der Waals surface area contributed by atoms with Crippen LogP contribution < -0.4 is 10.6 Å². The van der Waals surface area contributed by atoms with Crippen molar-refractivity contribution in [2.75, 3.05) is 25.5 Å². The molecule has 0 bridgehead atoms. The highest BCUT2D eigenvalue weighted by Gasteiger charge is 1.95. The first-order chi connectivity index (χ1) is 8.40. The lowest BCUT2D eigenvalue weighted by molar-refractivity contribution is 0.694. The first-order valence-corrected chi connectivity index (χ1v) is 6.27. The van der Waals surface area contributed by atoms with Crippen LogP contribution in [0.25, 0.3) is 10.8 Å². The van der Waals surface area contributed by atoms with Gasteiger partial charge in [0, 0.05) is 12.2 Å². The topological polar surface area (TPSA) is 24.1 Å². The van der Waals surface area contributed by atoms with Gasteiger partial charge in [0.1, 0.15) is 0 Å². The number of unbranched alkanes of at least 4 members (excludes halogenated alkanes) is 1. The molecular weight excluding hydrogens is 208 g/mol. The number of rotatable bonds is 6. The van der Waals surface area contributed by atoms with E-state index in [9.17, 15) is 0 Å². The number of hydrogen-bond acceptors (Lipinski definition) is 2. The van der Waals surface area contributed by atoms with Gasteiger partial charge in [-0.25, -0.2) is 0 Å². The molecule has 0 saturated heterocycles. The molecule has 2 N–H and O–H groups in total. The summed E-state index contributed by atoms with van der Waals surface area (Å²) >= 11 is 0. The van der Waals surface area contributed by atoms with Crippen molar-refractivity contribution in [2.45, 2.75) is 12.8 Å². The molecule has 0 radical (unpaired) electrons. The van der Waals surface area contributed by atoms with E-state index in [2.05, 4.69) is 53.1 Å². The van der Waals surface area contributed by atoms with Crippen molar-refractivity contribution < 1.29 is 0 Å². The van der Waals surface area contributed by atoms with Gasteiger partial charge < -0.3 is 10.6 Å². The van der Waals surface area contributed by atoms with Crippen molar-refractivity contribution in [2.24, 2.45) is 0 Å². The largest absolute Gasteiger partial charge is 0.385 e. The van der Waals surface area contributed by atoms with E-state index in [-0.39, 0.29) is 0 Å². The van der Waals surface area contributed by atoms with E-state index in [1.807, 2.05) is 7.05 Å². The van der Waals surface area contributed by atoms with Gasteiger partial charge in [0.15, 0.2) is 0 Å². The molecule has 90 valence electrons. The van der Waals surface area contributed by atoms with Crippen molar-refractivity contribution in [3.8, 4) is 0 Å². The minimum absolute atomic E-state index is 1.04. The van der Waals surface area contributed by atoms with Crippen molar-refractivity contribution in [3.63, 3.8) is 0 Å². The molecule has 0 aliphatic heterocycles. The van der Waals surface area contributed by atoms with E-state index in [1.165, 1.54) is 29.3 Å². The molecular formula is C15H20N2. The third-order valence-corrected chi connectivity index (χ3v) is 2.93. The Morgan fingerprint density at radius 1 is 0.882 bits per heavy atom. The average molecular weight is 228 g/mol. The summed E-state index contributed by atoms with van der Waals surface area (Å²) in [5.74, 6) is 0. The van der Waals surface area contributed by atoms with E-state index in [4.69, 9.17) is 0 Å². The number of anilines is 1. The van der Waals surface area contributed by atoms with Crippen LogP contribution in [0.15, 0.2) is 42.5 Å². The Morgan fingerprint density at radius 2 is 1.65 bits per heavy atom. The predicted octanol–water partition coefficient (Wildman–Crippen LogP) is 3.25. The van der Waals surface area contributed by atoms with Crippen LogP contribution in [0.4, 0.5) is 5.69 Å². The fourth-order valence-corrected chi connectivity index (χ4v) is 1.96. The Kier molecular flexibility index (Phi) is 4.39. The summed E-state index contributed by atoms with van der Waals surface area (Å²) in [4.78, 5) is 0. The fourth-order valence-electron chi connectivity index (χ4n) is 1.96. The lowest BCUT2D eigenvalue weighted by Crippen LogP contribution is -2.10. The summed E-state index contributed by atoms with van der Waals surface area (Å²) in [6, 6.07) is 15.0. The second kappa shape index (κ2) is 6.26. The fraction of sp³-hybridized carbons (Fsp3) is 0.333. The lowest BCUT2D eigenvalue weighted by atomic mass is 10.1. The molecule has 0 aliphatic rings. The second-order valence-corrected chi connectivity index (χ2v) is 4.30. The quantitative estimate of drug-likeness (QED) is 0.742. The van der Waals surface area contributed by atoms with Crippen LogP contribution in [-0.4, -0.2) is 20.1 Å². The molecule has 0 saturated carbocycles. The van der Waals surface area contributed by atoms with Gasteiger partial charge in [0.05, 0.1) is 0 Å². The van der Waals surface area contributed by atoms with Gasteiger partial charge in [-0.1, -0.05) is 30.3 Å². The number of fused-ring (bicyclic) bond motifs is 1. The maximum Gasteiger partial charge on any atom is 0.0346 e. The maximum atomic E-state index is 3.47. The highest BCUT2D eigenvalue weighted by atomic mass is 14.9. The van der Waals surface area contributed by atoms with E-state index in [0.717, 1.165) is 13.1 Å².